The zero-order valence-corrected chi connectivity index (χ0v) is 15.5. The van der Waals surface area contributed by atoms with E-state index in [4.69, 9.17) is 4.74 Å². The first-order valence-corrected chi connectivity index (χ1v) is 9.62. The van der Waals surface area contributed by atoms with Crippen LogP contribution in [0.4, 0.5) is 5.69 Å². The van der Waals surface area contributed by atoms with Crippen molar-refractivity contribution in [2.75, 3.05) is 5.32 Å². The van der Waals surface area contributed by atoms with Crippen LogP contribution in [0.5, 0.6) is 5.75 Å². The fraction of sp³-hybridized carbons (Fsp3) is 0.167. The summed E-state index contributed by atoms with van der Waals surface area (Å²) in [5.74, 6) is -1.02. The Morgan fingerprint density at radius 1 is 1.00 bits per heavy atom. The van der Waals surface area contributed by atoms with E-state index in [1.165, 1.54) is 0 Å². The maximum absolute atomic E-state index is 13.0. The van der Waals surface area contributed by atoms with Crippen molar-refractivity contribution >= 4 is 28.4 Å². The van der Waals surface area contributed by atoms with Crippen molar-refractivity contribution in [2.24, 2.45) is 5.92 Å². The first-order valence-electron chi connectivity index (χ1n) is 9.62. The van der Waals surface area contributed by atoms with Gasteiger partial charge in [0.15, 0.2) is 0 Å². The van der Waals surface area contributed by atoms with Gasteiger partial charge in [-0.3, -0.25) is 0 Å². The predicted octanol–water partition coefficient (Wildman–Crippen LogP) is 4.60. The lowest BCUT2D eigenvalue weighted by Crippen LogP contribution is -2.42. The molecule has 3 atom stereocenters. The van der Waals surface area contributed by atoms with Gasteiger partial charge in [0.1, 0.15) is 11.8 Å². The molecule has 3 aromatic rings. The molecule has 5 heteroatoms. The standard InChI is InChI=1S/C24H19NO4/c26-23(27)22-19-9-3-7-17(19)18-8-4-10-20(21(18)25-22)24(28)29-16-12-11-14-5-1-2-6-15(14)13-16/h1-8,10-13,17,19,22,25H,9H2,(H,26,27)/t17-,19-,22-/m1/s1. The van der Waals surface area contributed by atoms with Gasteiger partial charge >= 0.3 is 11.9 Å². The SMILES string of the molecule is O=C(Oc1ccc2ccccc2c1)c1cccc2c1N[C@@H](C(=O)O)[C@@H]1CC=C[C@H]21. The highest BCUT2D eigenvalue weighted by molar-refractivity contribution is 5.99. The number of allylic oxidation sites excluding steroid dienone is 2. The van der Waals surface area contributed by atoms with Crippen LogP contribution >= 0.6 is 0 Å². The van der Waals surface area contributed by atoms with E-state index in [9.17, 15) is 14.7 Å². The van der Waals surface area contributed by atoms with Crippen molar-refractivity contribution in [3.63, 3.8) is 0 Å². The fourth-order valence-electron chi connectivity index (χ4n) is 4.43. The van der Waals surface area contributed by atoms with Gasteiger partial charge in [-0.1, -0.05) is 54.6 Å². The molecule has 0 saturated carbocycles. The molecule has 5 nitrogen and oxygen atoms in total. The summed E-state index contributed by atoms with van der Waals surface area (Å²) in [5, 5.41) is 14.8. The first-order chi connectivity index (χ1) is 14.1. The molecule has 2 N–H and O–H groups in total. The minimum Gasteiger partial charge on any atom is -0.480 e. The zero-order valence-electron chi connectivity index (χ0n) is 15.5. The molecule has 1 heterocycles. The van der Waals surface area contributed by atoms with E-state index in [1.54, 1.807) is 12.1 Å². The summed E-state index contributed by atoms with van der Waals surface area (Å²) < 4.78 is 5.64. The molecule has 0 aromatic heterocycles. The molecule has 29 heavy (non-hydrogen) atoms. The van der Waals surface area contributed by atoms with Crippen LogP contribution < -0.4 is 10.1 Å². The molecule has 2 aliphatic rings. The van der Waals surface area contributed by atoms with Crippen molar-refractivity contribution in [1.82, 2.24) is 0 Å². The molecule has 0 radical (unpaired) electrons. The van der Waals surface area contributed by atoms with Gasteiger partial charge in [0, 0.05) is 11.8 Å². The molecule has 0 saturated heterocycles. The number of anilines is 1. The van der Waals surface area contributed by atoms with E-state index in [0.717, 1.165) is 16.3 Å². The Morgan fingerprint density at radius 3 is 2.66 bits per heavy atom. The number of fused-ring (bicyclic) bond motifs is 4. The Kier molecular flexibility index (Phi) is 4.09. The van der Waals surface area contributed by atoms with E-state index in [-0.39, 0.29) is 11.8 Å². The number of carboxylic acids is 1. The second-order valence-corrected chi connectivity index (χ2v) is 7.48. The molecule has 0 bridgehead atoms. The quantitative estimate of drug-likeness (QED) is 0.392. The highest BCUT2D eigenvalue weighted by Crippen LogP contribution is 2.45. The molecule has 0 spiro atoms. The minimum atomic E-state index is -0.910. The lowest BCUT2D eigenvalue weighted by atomic mass is 9.78. The number of benzene rings is 3. The number of nitrogens with one attached hydrogen (secondary N) is 1. The highest BCUT2D eigenvalue weighted by atomic mass is 16.5. The summed E-state index contributed by atoms with van der Waals surface area (Å²) in [4.78, 5) is 24.8. The smallest absolute Gasteiger partial charge is 0.345 e. The van der Waals surface area contributed by atoms with E-state index in [2.05, 4.69) is 5.32 Å². The van der Waals surface area contributed by atoms with Crippen LogP contribution in [-0.4, -0.2) is 23.1 Å². The van der Waals surface area contributed by atoms with Crippen LogP contribution in [0.25, 0.3) is 10.8 Å². The number of hydrogen-bond acceptors (Lipinski definition) is 4. The van der Waals surface area contributed by atoms with Gasteiger partial charge in [0.25, 0.3) is 0 Å². The zero-order chi connectivity index (χ0) is 20.0. The lowest BCUT2D eigenvalue weighted by molar-refractivity contribution is -0.139. The number of hydrogen-bond donors (Lipinski definition) is 2. The average molecular weight is 385 g/mol. The van der Waals surface area contributed by atoms with Gasteiger partial charge in [-0.05, 0) is 41.0 Å². The summed E-state index contributed by atoms with van der Waals surface area (Å²) in [6.07, 6.45) is 4.76. The van der Waals surface area contributed by atoms with Gasteiger partial charge in [-0.25, -0.2) is 9.59 Å². The summed E-state index contributed by atoms with van der Waals surface area (Å²) in [7, 11) is 0. The Morgan fingerprint density at radius 2 is 1.83 bits per heavy atom. The third-order valence-electron chi connectivity index (χ3n) is 5.81. The molecule has 1 aliphatic heterocycles. The van der Waals surface area contributed by atoms with Crippen LogP contribution in [0.15, 0.2) is 72.8 Å². The molecule has 0 unspecified atom stereocenters. The Balaban J connectivity index is 1.50. The maximum Gasteiger partial charge on any atom is 0.345 e. The molecule has 0 amide bonds. The largest absolute Gasteiger partial charge is 0.480 e. The second kappa shape index (κ2) is 6.78. The van der Waals surface area contributed by atoms with Crippen molar-refractivity contribution in [1.29, 1.82) is 0 Å². The van der Waals surface area contributed by atoms with E-state index < -0.39 is 18.0 Å². The van der Waals surface area contributed by atoms with Crippen LogP contribution in [0, 0.1) is 5.92 Å². The van der Waals surface area contributed by atoms with Crippen molar-refractivity contribution in [3.05, 3.63) is 83.9 Å². The van der Waals surface area contributed by atoms with Gasteiger partial charge in [-0.2, -0.15) is 0 Å². The van der Waals surface area contributed by atoms with Crippen LogP contribution in [0.3, 0.4) is 0 Å². The summed E-state index contributed by atoms with van der Waals surface area (Å²) in [6, 6.07) is 18.0. The fourth-order valence-corrected chi connectivity index (χ4v) is 4.43. The summed E-state index contributed by atoms with van der Waals surface area (Å²) in [6.45, 7) is 0. The Bertz CT molecular complexity index is 1170. The normalized spacial score (nSPS) is 21.9. The number of para-hydroxylation sites is 1. The number of carboxylic acid groups (broad SMARTS) is 1. The maximum atomic E-state index is 13.0. The first kappa shape index (κ1) is 17.5. The topological polar surface area (TPSA) is 75.6 Å². The third-order valence-corrected chi connectivity index (χ3v) is 5.81. The van der Waals surface area contributed by atoms with E-state index in [0.29, 0.717) is 23.4 Å². The predicted molar refractivity (Wildman–Crippen MR) is 110 cm³/mol. The molecule has 144 valence electrons. The minimum absolute atomic E-state index is 0.0132. The summed E-state index contributed by atoms with van der Waals surface area (Å²) >= 11 is 0. The molecule has 1 aliphatic carbocycles. The van der Waals surface area contributed by atoms with E-state index in [1.807, 2.05) is 60.7 Å². The van der Waals surface area contributed by atoms with Gasteiger partial charge in [0.05, 0.1) is 11.3 Å². The average Bonchev–Trinajstić information content (AvgIpc) is 3.22. The number of rotatable bonds is 3. The number of carbonyl (C=O) groups excluding carboxylic acids is 1. The van der Waals surface area contributed by atoms with Gasteiger partial charge in [0.2, 0.25) is 0 Å². The highest BCUT2D eigenvalue weighted by Gasteiger charge is 2.42. The molecule has 5 rings (SSSR count). The van der Waals surface area contributed by atoms with Crippen LogP contribution in [0.1, 0.15) is 28.3 Å². The molecular formula is C24H19NO4. The third kappa shape index (κ3) is 2.95. The second-order valence-electron chi connectivity index (χ2n) is 7.48. The van der Waals surface area contributed by atoms with Gasteiger partial charge < -0.3 is 15.2 Å². The Hall–Kier alpha value is -3.60. The summed E-state index contributed by atoms with van der Waals surface area (Å²) in [5.41, 5.74) is 1.84. The number of esters is 1. The lowest BCUT2D eigenvalue weighted by Gasteiger charge is -2.35. The number of aliphatic carboxylic acids is 1. The molecular weight excluding hydrogens is 366 g/mol. The Labute approximate surface area is 167 Å². The number of ether oxygens (including phenoxy) is 1. The van der Waals surface area contributed by atoms with Gasteiger partial charge in [-0.15, -0.1) is 0 Å². The van der Waals surface area contributed by atoms with Crippen LogP contribution in [0.2, 0.25) is 0 Å². The molecule has 3 aromatic carbocycles. The van der Waals surface area contributed by atoms with Crippen molar-refractivity contribution < 1.29 is 19.4 Å². The van der Waals surface area contributed by atoms with E-state index >= 15 is 0 Å². The van der Waals surface area contributed by atoms with Crippen molar-refractivity contribution in [2.45, 2.75) is 18.4 Å². The number of carbonyl (C=O) groups is 2. The van der Waals surface area contributed by atoms with Crippen LogP contribution in [-0.2, 0) is 4.79 Å². The molecule has 0 fully saturated rings. The van der Waals surface area contributed by atoms with Crippen molar-refractivity contribution in [3.8, 4) is 5.75 Å². The monoisotopic (exact) mass is 385 g/mol.